The summed E-state index contributed by atoms with van der Waals surface area (Å²) < 4.78 is 5.38. The lowest BCUT2D eigenvalue weighted by Crippen LogP contribution is -2.26. The number of aryl methyl sites for hydroxylation is 3. The number of hydrogen-bond acceptors (Lipinski definition) is 6. The van der Waals surface area contributed by atoms with Crippen molar-refractivity contribution >= 4 is 39.1 Å². The molecule has 1 aliphatic heterocycles. The first-order valence-corrected chi connectivity index (χ1v) is 10.7. The molecule has 156 valence electrons. The van der Waals surface area contributed by atoms with Gasteiger partial charge < -0.3 is 14.6 Å². The number of carbonyl (C=O) groups excluding carboxylic acids is 2. The summed E-state index contributed by atoms with van der Waals surface area (Å²) in [6.45, 7) is 6.07. The van der Waals surface area contributed by atoms with Crippen LogP contribution in [0.3, 0.4) is 0 Å². The van der Waals surface area contributed by atoms with Gasteiger partial charge in [-0.3, -0.25) is 14.4 Å². The Morgan fingerprint density at radius 2 is 2.00 bits per heavy atom. The molecule has 0 bridgehead atoms. The molecule has 0 spiro atoms. The van der Waals surface area contributed by atoms with Crippen LogP contribution in [0, 0.1) is 19.8 Å². The van der Waals surface area contributed by atoms with Crippen LogP contribution >= 0.6 is 11.3 Å². The molecule has 1 aromatic carbocycles. The average molecular weight is 426 g/mol. The van der Waals surface area contributed by atoms with E-state index in [4.69, 9.17) is 4.74 Å². The molecule has 0 saturated carbocycles. The fraction of sp³-hybridized carbons (Fsp3) is 0.364. The first kappa shape index (κ1) is 20.3. The highest BCUT2D eigenvalue weighted by Crippen LogP contribution is 2.27. The standard InChI is InChI=1S/C22H23N3O4S/c1-4-14-5-7-16(8-6-14)25-10-15(9-18(25)26)22(28)29-11-17-23-20(27)19-12(2)13(3)30-21(19)24-17/h5-8,15H,4,9-11H2,1-3H3,(H,23,24,27). The highest BCUT2D eigenvalue weighted by Gasteiger charge is 2.36. The summed E-state index contributed by atoms with van der Waals surface area (Å²) in [6, 6.07) is 7.78. The third kappa shape index (κ3) is 3.75. The molecule has 1 atom stereocenters. The van der Waals surface area contributed by atoms with E-state index in [0.29, 0.717) is 16.0 Å². The maximum absolute atomic E-state index is 12.5. The van der Waals surface area contributed by atoms with Crippen LogP contribution in [-0.4, -0.2) is 28.4 Å². The van der Waals surface area contributed by atoms with Gasteiger partial charge in [-0.1, -0.05) is 19.1 Å². The zero-order chi connectivity index (χ0) is 21.4. The molecule has 0 radical (unpaired) electrons. The number of nitrogens with zero attached hydrogens (tertiary/aromatic N) is 2. The molecule has 1 saturated heterocycles. The average Bonchev–Trinajstić information content (AvgIpc) is 3.26. The summed E-state index contributed by atoms with van der Waals surface area (Å²) in [5.74, 6) is -0.792. The minimum absolute atomic E-state index is 0.0984. The van der Waals surface area contributed by atoms with Gasteiger partial charge in [-0.15, -0.1) is 11.3 Å². The largest absolute Gasteiger partial charge is 0.457 e. The Morgan fingerprint density at radius 3 is 2.70 bits per heavy atom. The lowest BCUT2D eigenvalue weighted by molar-refractivity contribution is -0.149. The van der Waals surface area contributed by atoms with E-state index < -0.39 is 11.9 Å². The Kier molecular flexibility index (Phi) is 5.42. The summed E-state index contributed by atoms with van der Waals surface area (Å²) >= 11 is 1.44. The minimum Gasteiger partial charge on any atom is -0.457 e. The van der Waals surface area contributed by atoms with Crippen LogP contribution in [0.1, 0.15) is 35.2 Å². The smallest absolute Gasteiger partial charge is 0.311 e. The number of anilines is 1. The maximum atomic E-state index is 12.5. The van der Waals surface area contributed by atoms with Gasteiger partial charge >= 0.3 is 5.97 Å². The number of aromatic nitrogens is 2. The number of benzene rings is 1. The van der Waals surface area contributed by atoms with Gasteiger partial charge in [-0.2, -0.15) is 0 Å². The first-order valence-electron chi connectivity index (χ1n) is 9.92. The van der Waals surface area contributed by atoms with E-state index in [1.165, 1.54) is 16.9 Å². The van der Waals surface area contributed by atoms with E-state index in [9.17, 15) is 14.4 Å². The second-order valence-electron chi connectivity index (χ2n) is 7.51. The number of ether oxygens (including phenoxy) is 1. The van der Waals surface area contributed by atoms with Gasteiger partial charge in [0.2, 0.25) is 5.91 Å². The molecule has 7 nitrogen and oxygen atoms in total. The summed E-state index contributed by atoms with van der Waals surface area (Å²) in [5, 5.41) is 0.582. The van der Waals surface area contributed by atoms with Crippen molar-refractivity contribution in [3.8, 4) is 0 Å². The van der Waals surface area contributed by atoms with Gasteiger partial charge in [-0.05, 0) is 43.5 Å². The van der Waals surface area contributed by atoms with E-state index in [0.717, 1.165) is 22.5 Å². The zero-order valence-electron chi connectivity index (χ0n) is 17.2. The lowest BCUT2D eigenvalue weighted by Gasteiger charge is -2.17. The van der Waals surface area contributed by atoms with Gasteiger partial charge in [-0.25, -0.2) is 4.98 Å². The Balaban J connectivity index is 1.42. The second kappa shape index (κ2) is 8.02. The quantitative estimate of drug-likeness (QED) is 0.634. The number of carbonyl (C=O) groups is 2. The Hall–Kier alpha value is -3.00. The highest BCUT2D eigenvalue weighted by molar-refractivity contribution is 7.18. The molecule has 3 heterocycles. The topological polar surface area (TPSA) is 92.4 Å². The number of amides is 1. The maximum Gasteiger partial charge on any atom is 0.311 e. The molecular weight excluding hydrogens is 402 g/mol. The Labute approximate surface area is 177 Å². The predicted octanol–water partition coefficient (Wildman–Crippen LogP) is 3.26. The van der Waals surface area contributed by atoms with Crippen molar-refractivity contribution in [3.05, 3.63) is 56.4 Å². The molecule has 1 amide bonds. The number of hydrogen-bond donors (Lipinski definition) is 1. The normalized spacial score (nSPS) is 16.4. The van der Waals surface area contributed by atoms with Crippen molar-refractivity contribution < 1.29 is 14.3 Å². The van der Waals surface area contributed by atoms with E-state index in [-0.39, 0.29) is 31.0 Å². The number of aromatic amines is 1. The summed E-state index contributed by atoms with van der Waals surface area (Å²) in [7, 11) is 0. The minimum atomic E-state index is -0.537. The van der Waals surface area contributed by atoms with Crippen LogP contribution in [0.5, 0.6) is 0 Å². The Bertz CT molecular complexity index is 1180. The number of esters is 1. The van der Waals surface area contributed by atoms with Crippen molar-refractivity contribution in [2.45, 2.75) is 40.2 Å². The molecule has 8 heteroatoms. The van der Waals surface area contributed by atoms with Gasteiger partial charge in [0.25, 0.3) is 5.56 Å². The van der Waals surface area contributed by atoms with E-state index >= 15 is 0 Å². The fourth-order valence-corrected chi connectivity index (χ4v) is 4.70. The molecule has 30 heavy (non-hydrogen) atoms. The lowest BCUT2D eigenvalue weighted by atomic mass is 10.1. The van der Waals surface area contributed by atoms with E-state index in [2.05, 4.69) is 16.9 Å². The molecule has 2 aromatic heterocycles. The van der Waals surface area contributed by atoms with Gasteiger partial charge in [0, 0.05) is 23.5 Å². The van der Waals surface area contributed by atoms with E-state index in [1.807, 2.05) is 38.1 Å². The van der Waals surface area contributed by atoms with Crippen molar-refractivity contribution in [2.75, 3.05) is 11.4 Å². The third-order valence-electron chi connectivity index (χ3n) is 5.55. The molecule has 3 aromatic rings. The molecule has 1 N–H and O–H groups in total. The monoisotopic (exact) mass is 425 g/mol. The van der Waals surface area contributed by atoms with Crippen LogP contribution in [0.25, 0.3) is 10.2 Å². The summed E-state index contributed by atoms with van der Waals surface area (Å²) in [5.41, 5.74) is 2.66. The molecule has 1 fully saturated rings. The molecule has 1 aliphatic rings. The number of H-pyrrole nitrogens is 1. The SMILES string of the molecule is CCc1ccc(N2CC(C(=O)OCc3nc4sc(C)c(C)c4c(=O)[nH]3)CC2=O)cc1. The molecular formula is C22H23N3O4S. The second-order valence-corrected chi connectivity index (χ2v) is 8.71. The predicted molar refractivity (Wildman–Crippen MR) is 116 cm³/mol. The molecule has 0 aliphatic carbocycles. The number of fused-ring (bicyclic) bond motifs is 1. The van der Waals surface area contributed by atoms with Crippen LogP contribution in [0.15, 0.2) is 29.1 Å². The molecule has 4 rings (SSSR count). The number of rotatable bonds is 5. The number of nitrogens with one attached hydrogen (secondary N) is 1. The number of thiophene rings is 1. The van der Waals surface area contributed by atoms with Crippen LogP contribution in [0.4, 0.5) is 5.69 Å². The van der Waals surface area contributed by atoms with Gasteiger partial charge in [0.1, 0.15) is 17.3 Å². The highest BCUT2D eigenvalue weighted by atomic mass is 32.1. The summed E-state index contributed by atoms with van der Waals surface area (Å²) in [6.07, 6.45) is 1.04. The first-order chi connectivity index (χ1) is 14.4. The third-order valence-corrected chi connectivity index (χ3v) is 6.66. The fourth-order valence-electron chi connectivity index (χ4n) is 3.65. The van der Waals surface area contributed by atoms with Crippen molar-refractivity contribution in [1.29, 1.82) is 0 Å². The van der Waals surface area contributed by atoms with Crippen LogP contribution in [0.2, 0.25) is 0 Å². The molecule has 1 unspecified atom stereocenters. The zero-order valence-corrected chi connectivity index (χ0v) is 18.0. The van der Waals surface area contributed by atoms with Crippen molar-refractivity contribution in [2.24, 2.45) is 5.92 Å². The van der Waals surface area contributed by atoms with Gasteiger partial charge in [0.15, 0.2) is 0 Å². The van der Waals surface area contributed by atoms with Gasteiger partial charge in [0.05, 0.1) is 11.3 Å². The van der Waals surface area contributed by atoms with Crippen molar-refractivity contribution in [3.63, 3.8) is 0 Å². The van der Waals surface area contributed by atoms with E-state index in [1.54, 1.807) is 4.90 Å². The Morgan fingerprint density at radius 1 is 1.27 bits per heavy atom. The summed E-state index contributed by atoms with van der Waals surface area (Å²) in [4.78, 5) is 47.7. The van der Waals surface area contributed by atoms with Crippen LogP contribution < -0.4 is 10.5 Å². The van der Waals surface area contributed by atoms with Crippen LogP contribution in [-0.2, 0) is 27.4 Å². The van der Waals surface area contributed by atoms with Crippen molar-refractivity contribution in [1.82, 2.24) is 9.97 Å².